The molecule has 1 heterocycles. The lowest BCUT2D eigenvalue weighted by molar-refractivity contribution is -0.118. The van der Waals surface area contributed by atoms with Crippen LogP contribution in [0.1, 0.15) is 10.4 Å². The predicted molar refractivity (Wildman–Crippen MR) is 134 cm³/mol. The van der Waals surface area contributed by atoms with E-state index in [2.05, 4.69) is 15.6 Å². The molecule has 1 aromatic heterocycles. The number of ether oxygens (including phenoxy) is 2. The fourth-order valence-electron chi connectivity index (χ4n) is 3.03. The molecule has 0 saturated carbocycles. The highest BCUT2D eigenvalue weighted by molar-refractivity contribution is 7.20. The number of para-hydroxylation sites is 1. The van der Waals surface area contributed by atoms with Crippen molar-refractivity contribution in [1.82, 2.24) is 4.98 Å². The highest BCUT2D eigenvalue weighted by Gasteiger charge is 2.18. The summed E-state index contributed by atoms with van der Waals surface area (Å²) in [6.45, 7) is -0.239. The summed E-state index contributed by atoms with van der Waals surface area (Å²) in [5, 5.41) is 6.88. The molecule has 0 spiro atoms. The molecule has 0 aliphatic rings. The summed E-state index contributed by atoms with van der Waals surface area (Å²) in [6, 6.07) is 23.1. The minimum Gasteiger partial charge on any atom is -0.497 e. The molecule has 0 aliphatic heterocycles. The number of carbonyl (C=O) groups is 2. The van der Waals surface area contributed by atoms with Crippen molar-refractivity contribution in [2.45, 2.75) is 0 Å². The molecule has 0 bridgehead atoms. The van der Waals surface area contributed by atoms with Gasteiger partial charge in [-0.1, -0.05) is 65.4 Å². The summed E-state index contributed by atoms with van der Waals surface area (Å²) < 4.78 is 10.6. The molecule has 0 aliphatic carbocycles. The SMILES string of the molecule is COc1ccc(C(=O)Nc2sc(NC(=O)COc3ccccc3Cl)nc2-c2ccccc2)cc1. The Morgan fingerprint density at radius 1 is 0.941 bits per heavy atom. The summed E-state index contributed by atoms with van der Waals surface area (Å²) in [7, 11) is 1.56. The Hall–Kier alpha value is -3.88. The highest BCUT2D eigenvalue weighted by atomic mass is 35.5. The van der Waals surface area contributed by atoms with Crippen molar-refractivity contribution in [3.8, 4) is 22.8 Å². The number of benzene rings is 3. The minimum atomic E-state index is -0.402. The zero-order chi connectivity index (χ0) is 23.9. The van der Waals surface area contributed by atoms with Crippen LogP contribution >= 0.6 is 22.9 Å². The average molecular weight is 494 g/mol. The van der Waals surface area contributed by atoms with Gasteiger partial charge in [0, 0.05) is 11.1 Å². The molecule has 9 heteroatoms. The number of hydrogen-bond acceptors (Lipinski definition) is 6. The van der Waals surface area contributed by atoms with Crippen molar-refractivity contribution in [2.75, 3.05) is 24.4 Å². The van der Waals surface area contributed by atoms with E-state index in [9.17, 15) is 9.59 Å². The lowest BCUT2D eigenvalue weighted by Crippen LogP contribution is -2.20. The van der Waals surface area contributed by atoms with Gasteiger partial charge < -0.3 is 14.8 Å². The van der Waals surface area contributed by atoms with Gasteiger partial charge in [-0.15, -0.1) is 0 Å². The molecule has 0 unspecified atom stereocenters. The fraction of sp³-hybridized carbons (Fsp3) is 0.0800. The maximum Gasteiger partial charge on any atom is 0.264 e. The molecule has 4 aromatic rings. The van der Waals surface area contributed by atoms with Crippen LogP contribution in [0.3, 0.4) is 0 Å². The normalized spacial score (nSPS) is 10.4. The summed E-state index contributed by atoms with van der Waals surface area (Å²) in [5.74, 6) is 0.365. The minimum absolute atomic E-state index is 0.239. The topological polar surface area (TPSA) is 89.6 Å². The Bertz CT molecular complexity index is 1290. The van der Waals surface area contributed by atoms with E-state index in [1.165, 1.54) is 0 Å². The van der Waals surface area contributed by atoms with Gasteiger partial charge in [-0.2, -0.15) is 0 Å². The molecule has 0 saturated heterocycles. The van der Waals surface area contributed by atoms with Crippen molar-refractivity contribution in [3.63, 3.8) is 0 Å². The van der Waals surface area contributed by atoms with Gasteiger partial charge in [-0.3, -0.25) is 14.9 Å². The van der Waals surface area contributed by atoms with Crippen molar-refractivity contribution in [1.29, 1.82) is 0 Å². The van der Waals surface area contributed by atoms with E-state index in [4.69, 9.17) is 21.1 Å². The number of nitrogens with zero attached hydrogens (tertiary/aromatic N) is 1. The average Bonchev–Trinajstić information content (AvgIpc) is 3.25. The number of methoxy groups -OCH3 is 1. The molecule has 0 fully saturated rings. The number of thiazole rings is 1. The molecule has 0 radical (unpaired) electrons. The van der Waals surface area contributed by atoms with E-state index in [-0.39, 0.29) is 12.5 Å². The number of aromatic nitrogens is 1. The Morgan fingerprint density at radius 2 is 1.65 bits per heavy atom. The summed E-state index contributed by atoms with van der Waals surface area (Å²) in [5.41, 5.74) is 1.82. The van der Waals surface area contributed by atoms with E-state index in [1.807, 2.05) is 30.3 Å². The first-order valence-corrected chi connectivity index (χ1v) is 11.4. The molecule has 0 atom stereocenters. The molecule has 7 nitrogen and oxygen atoms in total. The van der Waals surface area contributed by atoms with Gasteiger partial charge in [0.25, 0.3) is 11.8 Å². The van der Waals surface area contributed by atoms with Gasteiger partial charge in [0.1, 0.15) is 22.2 Å². The quantitative estimate of drug-likeness (QED) is 0.326. The van der Waals surface area contributed by atoms with E-state index in [0.717, 1.165) is 16.9 Å². The zero-order valence-corrected chi connectivity index (χ0v) is 19.7. The molecular weight excluding hydrogens is 474 g/mol. The molecule has 3 aromatic carbocycles. The first-order valence-electron chi connectivity index (χ1n) is 10.2. The van der Waals surface area contributed by atoms with Crippen molar-refractivity contribution in [2.24, 2.45) is 0 Å². The van der Waals surface area contributed by atoms with E-state index in [1.54, 1.807) is 55.6 Å². The standard InChI is InChI=1S/C25H20ClN3O4S/c1-32-18-13-11-17(12-14-18)23(31)29-24-22(16-7-3-2-4-8-16)28-25(34-24)27-21(30)15-33-20-10-6-5-9-19(20)26/h2-14H,15H2,1H3,(H,29,31)(H,27,28,30). The van der Waals surface area contributed by atoms with Crippen molar-refractivity contribution >= 4 is 44.9 Å². The molecule has 34 heavy (non-hydrogen) atoms. The van der Waals surface area contributed by atoms with Gasteiger partial charge in [0.2, 0.25) is 0 Å². The molecule has 2 amide bonds. The number of carbonyl (C=O) groups excluding carboxylic acids is 2. The first-order chi connectivity index (χ1) is 16.5. The van der Waals surface area contributed by atoms with E-state index < -0.39 is 5.91 Å². The third-order valence-corrected chi connectivity index (χ3v) is 5.89. The summed E-state index contributed by atoms with van der Waals surface area (Å²) in [4.78, 5) is 29.8. The molecule has 172 valence electrons. The van der Waals surface area contributed by atoms with Gasteiger partial charge in [-0.05, 0) is 36.4 Å². The van der Waals surface area contributed by atoms with Gasteiger partial charge in [0.05, 0.1) is 12.1 Å². The number of halogens is 1. The molecule has 2 N–H and O–H groups in total. The Labute approximate surface area is 205 Å². The maximum atomic E-state index is 12.8. The van der Waals surface area contributed by atoms with Crippen LogP contribution < -0.4 is 20.1 Å². The van der Waals surface area contributed by atoms with Crippen LogP contribution in [-0.4, -0.2) is 30.5 Å². The van der Waals surface area contributed by atoms with E-state index >= 15 is 0 Å². The third kappa shape index (κ3) is 5.72. The van der Waals surface area contributed by atoms with Crippen molar-refractivity contribution in [3.05, 3.63) is 89.4 Å². The van der Waals surface area contributed by atoms with Crippen LogP contribution in [0.4, 0.5) is 10.1 Å². The van der Waals surface area contributed by atoms with Crippen molar-refractivity contribution < 1.29 is 19.1 Å². The van der Waals surface area contributed by atoms with Crippen LogP contribution in [0.15, 0.2) is 78.9 Å². The lowest BCUT2D eigenvalue weighted by atomic mass is 10.1. The summed E-state index contributed by atoms with van der Waals surface area (Å²) in [6.07, 6.45) is 0. The van der Waals surface area contributed by atoms with Crippen LogP contribution in [0.2, 0.25) is 5.02 Å². The number of anilines is 2. The Kier molecular flexibility index (Phi) is 7.41. The third-order valence-electron chi connectivity index (χ3n) is 4.70. The van der Waals surface area contributed by atoms with Gasteiger partial charge in [-0.25, -0.2) is 4.98 Å². The van der Waals surface area contributed by atoms with Crippen LogP contribution in [0.25, 0.3) is 11.3 Å². The highest BCUT2D eigenvalue weighted by Crippen LogP contribution is 2.36. The van der Waals surface area contributed by atoms with Gasteiger partial charge in [0.15, 0.2) is 11.7 Å². The first kappa shape index (κ1) is 23.3. The van der Waals surface area contributed by atoms with Crippen LogP contribution in [0, 0.1) is 0 Å². The maximum absolute atomic E-state index is 12.8. The monoisotopic (exact) mass is 493 g/mol. The molecule has 4 rings (SSSR count). The zero-order valence-electron chi connectivity index (χ0n) is 18.1. The number of hydrogen-bond donors (Lipinski definition) is 2. The molecular formula is C25H20ClN3O4S. The second-order valence-corrected chi connectivity index (χ2v) is 8.42. The number of nitrogens with one attached hydrogen (secondary N) is 2. The fourth-order valence-corrected chi connectivity index (χ4v) is 4.12. The number of rotatable bonds is 8. The second kappa shape index (κ2) is 10.8. The van der Waals surface area contributed by atoms with Gasteiger partial charge >= 0.3 is 0 Å². The second-order valence-electron chi connectivity index (χ2n) is 7.01. The Morgan fingerprint density at radius 3 is 2.35 bits per heavy atom. The lowest BCUT2D eigenvalue weighted by Gasteiger charge is -2.07. The Balaban J connectivity index is 1.51. The summed E-state index contributed by atoms with van der Waals surface area (Å²) >= 11 is 7.22. The largest absolute Gasteiger partial charge is 0.497 e. The van der Waals surface area contributed by atoms with Crippen LogP contribution in [-0.2, 0) is 4.79 Å². The number of amides is 2. The van der Waals surface area contributed by atoms with Crippen LogP contribution in [0.5, 0.6) is 11.5 Å². The predicted octanol–water partition coefficient (Wildman–Crippen LogP) is 5.74. The van der Waals surface area contributed by atoms with E-state index in [0.29, 0.717) is 37.9 Å². The smallest absolute Gasteiger partial charge is 0.264 e.